The van der Waals surface area contributed by atoms with Crippen molar-refractivity contribution in [3.8, 4) is 0 Å². The van der Waals surface area contributed by atoms with Crippen LogP contribution in [0.2, 0.25) is 0 Å². The molecule has 0 heterocycles. The van der Waals surface area contributed by atoms with Crippen LogP contribution in [0.3, 0.4) is 0 Å². The lowest BCUT2D eigenvalue weighted by Gasteiger charge is -2.06. The van der Waals surface area contributed by atoms with E-state index in [0.717, 1.165) is 18.2 Å². The minimum atomic E-state index is -0.821. The van der Waals surface area contributed by atoms with Gasteiger partial charge in [0, 0.05) is 23.6 Å². The van der Waals surface area contributed by atoms with Gasteiger partial charge in [0.2, 0.25) is 0 Å². The molecule has 0 atom stereocenters. The van der Waals surface area contributed by atoms with Gasteiger partial charge in [0.05, 0.1) is 11.6 Å². The summed E-state index contributed by atoms with van der Waals surface area (Å²) < 4.78 is 25.3. The third-order valence-electron chi connectivity index (χ3n) is 1.82. The van der Waals surface area contributed by atoms with Crippen LogP contribution in [0.4, 0.5) is 14.5 Å². The Morgan fingerprint density at radius 1 is 1.57 bits per heavy atom. The zero-order valence-electron chi connectivity index (χ0n) is 7.46. The summed E-state index contributed by atoms with van der Waals surface area (Å²) in [6, 6.07) is 3.04. The maximum Gasteiger partial charge on any atom is 0.269 e. The molecule has 0 saturated carbocycles. The van der Waals surface area contributed by atoms with Gasteiger partial charge in [-0.15, -0.1) is 0 Å². The number of benzene rings is 1. The molecule has 1 aromatic rings. The molecular formula is C9H8F2NO2. The molecule has 0 saturated heterocycles. The van der Waals surface area contributed by atoms with E-state index in [9.17, 15) is 18.9 Å². The second-order valence-corrected chi connectivity index (χ2v) is 2.84. The predicted molar refractivity (Wildman–Crippen MR) is 47.0 cm³/mol. The molecule has 1 rings (SSSR count). The van der Waals surface area contributed by atoms with Crippen molar-refractivity contribution in [1.82, 2.24) is 0 Å². The van der Waals surface area contributed by atoms with Crippen molar-refractivity contribution in [1.29, 1.82) is 0 Å². The molecular weight excluding hydrogens is 192 g/mol. The Kier molecular flexibility index (Phi) is 3.11. The molecule has 75 valence electrons. The van der Waals surface area contributed by atoms with Crippen LogP contribution in [-0.4, -0.2) is 11.6 Å². The number of nitro benzene ring substituents is 1. The molecule has 0 aliphatic rings. The Labute approximate surface area is 79.5 Å². The van der Waals surface area contributed by atoms with E-state index in [-0.39, 0.29) is 17.2 Å². The minimum Gasteiger partial charge on any atom is -0.258 e. The SMILES string of the molecule is C[C](CF)c1cc([N+](=O)[O-])ccc1F. The average molecular weight is 200 g/mol. The van der Waals surface area contributed by atoms with Crippen LogP contribution in [-0.2, 0) is 0 Å². The largest absolute Gasteiger partial charge is 0.269 e. The second-order valence-electron chi connectivity index (χ2n) is 2.84. The summed E-state index contributed by atoms with van der Waals surface area (Å²) in [6.07, 6.45) is 0. The molecule has 0 aromatic heterocycles. The molecule has 0 aliphatic heterocycles. The number of halogens is 2. The van der Waals surface area contributed by atoms with Crippen LogP contribution >= 0.6 is 0 Å². The first-order chi connectivity index (χ1) is 6.56. The Bertz CT molecular complexity index is 355. The number of non-ortho nitro benzene ring substituents is 1. The highest BCUT2D eigenvalue weighted by Crippen LogP contribution is 2.23. The van der Waals surface area contributed by atoms with Gasteiger partial charge in [-0.3, -0.25) is 14.5 Å². The topological polar surface area (TPSA) is 43.1 Å². The second kappa shape index (κ2) is 4.13. The number of hydrogen-bond acceptors (Lipinski definition) is 2. The van der Waals surface area contributed by atoms with Gasteiger partial charge in [-0.05, 0) is 6.07 Å². The highest BCUT2D eigenvalue weighted by molar-refractivity contribution is 5.41. The first-order valence-electron chi connectivity index (χ1n) is 3.89. The third-order valence-corrected chi connectivity index (χ3v) is 1.82. The summed E-state index contributed by atoms with van der Waals surface area (Å²) in [4.78, 5) is 9.71. The van der Waals surface area contributed by atoms with Crippen LogP contribution in [0.5, 0.6) is 0 Å². The van der Waals surface area contributed by atoms with Crippen molar-refractivity contribution >= 4 is 5.69 Å². The van der Waals surface area contributed by atoms with E-state index in [4.69, 9.17) is 0 Å². The fourth-order valence-corrected chi connectivity index (χ4v) is 1.03. The molecule has 0 N–H and O–H groups in total. The zero-order chi connectivity index (χ0) is 10.7. The summed E-state index contributed by atoms with van der Waals surface area (Å²) >= 11 is 0. The fraction of sp³-hybridized carbons (Fsp3) is 0.222. The van der Waals surface area contributed by atoms with E-state index in [2.05, 4.69) is 0 Å². The van der Waals surface area contributed by atoms with Crippen molar-refractivity contribution in [2.24, 2.45) is 0 Å². The van der Waals surface area contributed by atoms with Crippen molar-refractivity contribution < 1.29 is 13.7 Å². The highest BCUT2D eigenvalue weighted by Gasteiger charge is 2.16. The van der Waals surface area contributed by atoms with Crippen LogP contribution in [0.1, 0.15) is 12.5 Å². The first-order valence-corrected chi connectivity index (χ1v) is 3.89. The minimum absolute atomic E-state index is 0.0401. The Morgan fingerprint density at radius 3 is 2.71 bits per heavy atom. The Balaban J connectivity index is 3.14. The van der Waals surface area contributed by atoms with Crippen LogP contribution in [0.25, 0.3) is 0 Å². The van der Waals surface area contributed by atoms with Gasteiger partial charge in [-0.2, -0.15) is 0 Å². The Hall–Kier alpha value is -1.52. The van der Waals surface area contributed by atoms with E-state index < -0.39 is 17.4 Å². The van der Waals surface area contributed by atoms with Gasteiger partial charge in [-0.1, -0.05) is 6.92 Å². The molecule has 0 aliphatic carbocycles. The molecule has 0 amide bonds. The summed E-state index contributed by atoms with van der Waals surface area (Å²) in [7, 11) is 0. The lowest BCUT2D eigenvalue weighted by Crippen LogP contribution is -2.01. The summed E-state index contributed by atoms with van der Waals surface area (Å²) in [5.74, 6) is -0.503. The summed E-state index contributed by atoms with van der Waals surface area (Å²) in [5, 5.41) is 10.4. The average Bonchev–Trinajstić information content (AvgIpc) is 2.17. The van der Waals surface area contributed by atoms with Crippen molar-refractivity contribution in [2.45, 2.75) is 6.92 Å². The lowest BCUT2D eigenvalue weighted by atomic mass is 10.0. The van der Waals surface area contributed by atoms with Gasteiger partial charge < -0.3 is 0 Å². The van der Waals surface area contributed by atoms with Gasteiger partial charge in [-0.25, -0.2) is 4.39 Å². The summed E-state index contributed by atoms with van der Waals surface area (Å²) in [5.41, 5.74) is -0.282. The number of nitrogens with zero attached hydrogens (tertiary/aromatic N) is 1. The molecule has 0 fully saturated rings. The van der Waals surface area contributed by atoms with Gasteiger partial charge in [0.1, 0.15) is 5.82 Å². The number of nitro groups is 1. The van der Waals surface area contributed by atoms with Crippen molar-refractivity contribution in [3.05, 3.63) is 45.6 Å². The molecule has 3 nitrogen and oxygen atoms in total. The molecule has 0 spiro atoms. The van der Waals surface area contributed by atoms with Crippen LogP contribution in [0.15, 0.2) is 18.2 Å². The predicted octanol–water partition coefficient (Wildman–Crippen LogP) is 2.65. The molecule has 1 aromatic carbocycles. The quantitative estimate of drug-likeness (QED) is 0.556. The van der Waals surface area contributed by atoms with Crippen molar-refractivity contribution in [2.75, 3.05) is 6.67 Å². The van der Waals surface area contributed by atoms with Crippen molar-refractivity contribution in [3.63, 3.8) is 0 Å². The number of alkyl halides is 1. The van der Waals surface area contributed by atoms with Crippen LogP contribution < -0.4 is 0 Å². The smallest absolute Gasteiger partial charge is 0.258 e. The van der Waals surface area contributed by atoms with E-state index in [1.165, 1.54) is 6.92 Å². The summed E-state index contributed by atoms with van der Waals surface area (Å²) in [6.45, 7) is 0.570. The Morgan fingerprint density at radius 2 is 2.21 bits per heavy atom. The van der Waals surface area contributed by atoms with E-state index in [1.54, 1.807) is 0 Å². The lowest BCUT2D eigenvalue weighted by molar-refractivity contribution is -0.385. The van der Waals surface area contributed by atoms with Crippen LogP contribution in [0, 0.1) is 21.8 Å². The molecule has 5 heteroatoms. The fourth-order valence-electron chi connectivity index (χ4n) is 1.03. The first kappa shape index (κ1) is 10.6. The maximum atomic E-state index is 13.1. The van der Waals surface area contributed by atoms with Gasteiger partial charge >= 0.3 is 0 Å². The molecule has 0 unspecified atom stereocenters. The monoisotopic (exact) mass is 200 g/mol. The third kappa shape index (κ3) is 2.04. The normalized spacial score (nSPS) is 10.6. The van der Waals surface area contributed by atoms with Gasteiger partial charge in [0.25, 0.3) is 5.69 Å². The van der Waals surface area contributed by atoms with Gasteiger partial charge in [0.15, 0.2) is 0 Å². The maximum absolute atomic E-state index is 13.1. The molecule has 0 bridgehead atoms. The van der Waals surface area contributed by atoms with E-state index >= 15 is 0 Å². The number of hydrogen-bond donors (Lipinski definition) is 0. The molecule has 1 radical (unpaired) electrons. The standard InChI is InChI=1S/C9H8F2NO2/c1-6(5-10)8-4-7(12(13)14)2-3-9(8)11/h2-4H,5H2,1H3. The van der Waals surface area contributed by atoms with E-state index in [0.29, 0.717) is 0 Å². The molecule has 14 heavy (non-hydrogen) atoms. The zero-order valence-corrected chi connectivity index (χ0v) is 7.46. The highest BCUT2D eigenvalue weighted by atomic mass is 19.1. The number of rotatable bonds is 3. The van der Waals surface area contributed by atoms with E-state index in [1.807, 2.05) is 0 Å².